The van der Waals surface area contributed by atoms with Crippen LogP contribution >= 0.6 is 15.9 Å². The zero-order valence-corrected chi connectivity index (χ0v) is 18.2. The molecule has 0 unspecified atom stereocenters. The van der Waals surface area contributed by atoms with Gasteiger partial charge in [0.2, 0.25) is 0 Å². The molecule has 0 aliphatic rings. The Bertz CT molecular complexity index is 926. The molecule has 0 atom stereocenters. The summed E-state index contributed by atoms with van der Waals surface area (Å²) in [6.45, 7) is 1.51. The van der Waals surface area contributed by atoms with Crippen LogP contribution in [0.4, 0.5) is 5.69 Å². The summed E-state index contributed by atoms with van der Waals surface area (Å²) in [5, 5.41) is 2.67. The molecule has 29 heavy (non-hydrogen) atoms. The number of halogens is 1. The number of methoxy groups -OCH3 is 3. The van der Waals surface area contributed by atoms with Crippen molar-refractivity contribution in [2.24, 2.45) is 0 Å². The van der Waals surface area contributed by atoms with Gasteiger partial charge in [0.15, 0.2) is 18.1 Å². The van der Waals surface area contributed by atoms with E-state index in [1.807, 2.05) is 19.1 Å². The summed E-state index contributed by atoms with van der Waals surface area (Å²) >= 11 is 3.40. The number of aryl methyl sites for hydroxylation is 1. The molecular weight excluding hydrogens is 442 g/mol. The lowest BCUT2D eigenvalue weighted by atomic mass is 10.1. The molecule has 0 saturated heterocycles. The molecule has 0 saturated carbocycles. The molecule has 2 aromatic rings. The van der Waals surface area contributed by atoms with Crippen LogP contribution in [0.15, 0.2) is 40.9 Å². The highest BCUT2D eigenvalue weighted by Crippen LogP contribution is 2.35. The van der Waals surface area contributed by atoms with E-state index in [0.717, 1.165) is 10.0 Å². The van der Waals surface area contributed by atoms with Crippen molar-refractivity contribution in [3.63, 3.8) is 0 Å². The zero-order valence-electron chi connectivity index (χ0n) is 16.6. The van der Waals surface area contributed by atoms with Gasteiger partial charge in [-0.05, 0) is 42.8 Å². The van der Waals surface area contributed by atoms with E-state index in [9.17, 15) is 9.59 Å². The number of anilines is 1. The van der Waals surface area contributed by atoms with E-state index in [0.29, 0.717) is 28.5 Å². The second-order valence-electron chi connectivity index (χ2n) is 5.90. The molecular formula is C21H22BrNO6. The molecule has 154 valence electrons. The van der Waals surface area contributed by atoms with E-state index in [-0.39, 0.29) is 0 Å². The average molecular weight is 464 g/mol. The highest BCUT2D eigenvalue weighted by atomic mass is 79.9. The Kier molecular flexibility index (Phi) is 8.09. The topological polar surface area (TPSA) is 83.1 Å². The quantitative estimate of drug-likeness (QED) is 0.470. The molecule has 0 aromatic heterocycles. The van der Waals surface area contributed by atoms with E-state index < -0.39 is 18.5 Å². The standard InChI is InChI=1S/C21H22BrNO6/c1-13-9-15(6-7-16(13)22)23-20(24)12-29-21(25)8-5-14-10-18(27-3)19(28-4)11-17(14)26-2/h5-11H,12H2,1-4H3,(H,23,24)/b8-5+. The van der Waals surface area contributed by atoms with Crippen LogP contribution in [-0.4, -0.2) is 39.8 Å². The van der Waals surface area contributed by atoms with Crippen molar-refractivity contribution in [3.8, 4) is 17.2 Å². The van der Waals surface area contributed by atoms with Gasteiger partial charge in [-0.1, -0.05) is 15.9 Å². The van der Waals surface area contributed by atoms with Crippen LogP contribution in [0.25, 0.3) is 6.08 Å². The average Bonchev–Trinajstić information content (AvgIpc) is 2.72. The first kappa shape index (κ1) is 22.3. The van der Waals surface area contributed by atoms with Crippen LogP contribution in [-0.2, 0) is 14.3 Å². The number of hydrogen-bond acceptors (Lipinski definition) is 6. The summed E-state index contributed by atoms with van der Waals surface area (Å²) in [6.07, 6.45) is 2.72. The molecule has 0 radical (unpaired) electrons. The second-order valence-corrected chi connectivity index (χ2v) is 6.76. The molecule has 1 N–H and O–H groups in total. The van der Waals surface area contributed by atoms with Gasteiger partial charge in [-0.15, -0.1) is 0 Å². The minimum Gasteiger partial charge on any atom is -0.496 e. The monoisotopic (exact) mass is 463 g/mol. The van der Waals surface area contributed by atoms with E-state index in [2.05, 4.69) is 21.2 Å². The smallest absolute Gasteiger partial charge is 0.331 e. The molecule has 0 aliphatic carbocycles. The summed E-state index contributed by atoms with van der Waals surface area (Å²) in [5.41, 5.74) is 2.20. The Labute approximate surface area is 177 Å². The third-order valence-corrected chi connectivity index (χ3v) is 4.81. The maximum absolute atomic E-state index is 12.0. The molecule has 2 aromatic carbocycles. The SMILES string of the molecule is COc1cc(OC)c(OC)cc1/C=C/C(=O)OCC(=O)Nc1ccc(Br)c(C)c1. The number of hydrogen-bond donors (Lipinski definition) is 1. The number of ether oxygens (including phenoxy) is 4. The molecule has 0 fully saturated rings. The lowest BCUT2D eigenvalue weighted by Crippen LogP contribution is -2.20. The van der Waals surface area contributed by atoms with E-state index in [4.69, 9.17) is 18.9 Å². The number of esters is 1. The lowest BCUT2D eigenvalue weighted by Gasteiger charge is -2.12. The van der Waals surface area contributed by atoms with Gasteiger partial charge in [0.25, 0.3) is 5.91 Å². The van der Waals surface area contributed by atoms with Crippen LogP contribution in [0.3, 0.4) is 0 Å². The first-order valence-corrected chi connectivity index (χ1v) is 9.38. The molecule has 8 heteroatoms. The van der Waals surface area contributed by atoms with Crippen LogP contribution in [0.2, 0.25) is 0 Å². The Morgan fingerprint density at radius 2 is 1.66 bits per heavy atom. The number of nitrogens with one attached hydrogen (secondary N) is 1. The largest absolute Gasteiger partial charge is 0.496 e. The van der Waals surface area contributed by atoms with Crippen LogP contribution in [0.5, 0.6) is 17.2 Å². The van der Waals surface area contributed by atoms with Gasteiger partial charge in [0.05, 0.1) is 21.3 Å². The maximum atomic E-state index is 12.0. The first-order valence-electron chi connectivity index (χ1n) is 8.58. The molecule has 1 amide bonds. The van der Waals surface area contributed by atoms with Gasteiger partial charge >= 0.3 is 5.97 Å². The zero-order chi connectivity index (χ0) is 21.4. The summed E-state index contributed by atoms with van der Waals surface area (Å²) in [7, 11) is 4.54. The normalized spacial score (nSPS) is 10.5. The van der Waals surface area contributed by atoms with E-state index >= 15 is 0 Å². The Morgan fingerprint density at radius 3 is 2.28 bits per heavy atom. The first-order chi connectivity index (χ1) is 13.9. The number of carbonyl (C=O) groups is 2. The minimum atomic E-state index is -0.663. The number of benzene rings is 2. The minimum absolute atomic E-state index is 0.401. The van der Waals surface area contributed by atoms with Gasteiger partial charge in [-0.2, -0.15) is 0 Å². The Morgan fingerprint density at radius 1 is 1.00 bits per heavy atom. The fourth-order valence-corrected chi connectivity index (χ4v) is 2.69. The van der Waals surface area contributed by atoms with Crippen molar-refractivity contribution >= 4 is 39.6 Å². The van der Waals surface area contributed by atoms with Crippen molar-refractivity contribution in [3.05, 3.63) is 52.0 Å². The second kappa shape index (κ2) is 10.5. The highest BCUT2D eigenvalue weighted by molar-refractivity contribution is 9.10. The molecule has 7 nitrogen and oxygen atoms in total. The van der Waals surface area contributed by atoms with Crippen molar-refractivity contribution in [1.82, 2.24) is 0 Å². The van der Waals surface area contributed by atoms with E-state index in [1.54, 1.807) is 18.2 Å². The number of carbonyl (C=O) groups excluding carboxylic acids is 2. The van der Waals surface area contributed by atoms with Gasteiger partial charge in [-0.25, -0.2) is 4.79 Å². The predicted molar refractivity (Wildman–Crippen MR) is 114 cm³/mol. The van der Waals surface area contributed by atoms with Crippen molar-refractivity contribution in [2.45, 2.75) is 6.92 Å². The Hall–Kier alpha value is -3.00. The Balaban J connectivity index is 1.97. The predicted octanol–water partition coefficient (Wildman–Crippen LogP) is 3.98. The van der Waals surface area contributed by atoms with E-state index in [1.165, 1.54) is 33.5 Å². The molecule has 0 bridgehead atoms. The van der Waals surface area contributed by atoms with Gasteiger partial charge in [0.1, 0.15) is 5.75 Å². The molecule has 0 aliphatic heterocycles. The van der Waals surface area contributed by atoms with Crippen molar-refractivity contribution in [2.75, 3.05) is 33.3 Å². The van der Waals surface area contributed by atoms with Gasteiger partial charge < -0.3 is 24.3 Å². The van der Waals surface area contributed by atoms with Gasteiger partial charge in [0, 0.05) is 27.9 Å². The molecule has 0 heterocycles. The molecule has 0 spiro atoms. The summed E-state index contributed by atoms with van der Waals surface area (Å²) < 4.78 is 21.7. The van der Waals surface area contributed by atoms with Crippen LogP contribution in [0, 0.1) is 6.92 Å². The van der Waals surface area contributed by atoms with Crippen molar-refractivity contribution < 1.29 is 28.5 Å². The van der Waals surface area contributed by atoms with Crippen LogP contribution in [0.1, 0.15) is 11.1 Å². The maximum Gasteiger partial charge on any atom is 0.331 e. The van der Waals surface area contributed by atoms with Crippen LogP contribution < -0.4 is 19.5 Å². The number of amides is 1. The summed E-state index contributed by atoms with van der Waals surface area (Å²) in [5.74, 6) is 0.394. The molecule has 2 rings (SSSR count). The fraction of sp³-hybridized carbons (Fsp3) is 0.238. The van der Waals surface area contributed by atoms with Crippen molar-refractivity contribution in [1.29, 1.82) is 0 Å². The highest BCUT2D eigenvalue weighted by Gasteiger charge is 2.11. The number of rotatable bonds is 8. The third kappa shape index (κ3) is 6.25. The van der Waals surface area contributed by atoms with Gasteiger partial charge in [-0.3, -0.25) is 4.79 Å². The summed E-state index contributed by atoms with van der Waals surface area (Å²) in [6, 6.07) is 8.71. The summed E-state index contributed by atoms with van der Waals surface area (Å²) in [4.78, 5) is 23.9. The lowest BCUT2D eigenvalue weighted by molar-refractivity contribution is -0.142. The fourth-order valence-electron chi connectivity index (χ4n) is 2.45. The third-order valence-electron chi connectivity index (χ3n) is 3.92.